The first-order chi connectivity index (χ1) is 21.9. The molecule has 0 aliphatic carbocycles. The highest BCUT2D eigenvalue weighted by Gasteiger charge is 2.43. The number of benzene rings is 3. The van der Waals surface area contributed by atoms with Crippen LogP contribution in [0.5, 0.6) is 11.5 Å². The summed E-state index contributed by atoms with van der Waals surface area (Å²) < 4.78 is 19.8. The average molecular weight is 600 g/mol. The molecule has 224 valence electrons. The minimum absolute atomic E-state index is 0.00768. The highest BCUT2D eigenvalue weighted by molar-refractivity contribution is 6.08. The quantitative estimate of drug-likeness (QED) is 0.160. The van der Waals surface area contributed by atoms with Crippen LogP contribution in [-0.2, 0) is 11.2 Å². The summed E-state index contributed by atoms with van der Waals surface area (Å²) in [7, 11) is 0. The zero-order valence-electron chi connectivity index (χ0n) is 24.5. The minimum Gasteiger partial charge on any atom is -0.506 e. The Morgan fingerprint density at radius 2 is 1.87 bits per heavy atom. The zero-order chi connectivity index (χ0) is 30.4. The van der Waals surface area contributed by atoms with Crippen LogP contribution in [0.4, 0.5) is 5.69 Å². The third-order valence-corrected chi connectivity index (χ3v) is 9.11. The van der Waals surface area contributed by atoms with Gasteiger partial charge in [0.05, 0.1) is 11.7 Å². The Morgan fingerprint density at radius 3 is 2.76 bits per heavy atom. The molecule has 10 nitrogen and oxygen atoms in total. The first kappa shape index (κ1) is 25.9. The maximum Gasteiger partial charge on any atom is 0.249 e. The number of ether oxygens (including phenoxy) is 1. The van der Waals surface area contributed by atoms with E-state index in [1.807, 2.05) is 62.5 Å². The summed E-state index contributed by atoms with van der Waals surface area (Å²) in [6.45, 7) is 4.06. The molecule has 0 fully saturated rings. The van der Waals surface area contributed by atoms with Gasteiger partial charge in [0.15, 0.2) is 23.4 Å². The summed E-state index contributed by atoms with van der Waals surface area (Å²) in [5.74, 6) is 2.11. The maximum absolute atomic E-state index is 13.1. The number of nitrogens with one attached hydrogen (secondary N) is 3. The average Bonchev–Trinajstić information content (AvgIpc) is 3.82. The number of carbonyl (C=O) groups excluding carboxylic acids is 1. The van der Waals surface area contributed by atoms with Crippen molar-refractivity contribution in [1.29, 1.82) is 0 Å². The molecule has 9 rings (SSSR count). The molecular formula is C35H29N5O5. The molecule has 3 aromatic heterocycles. The normalized spacial score (nSPS) is 19.8. The molecule has 0 spiro atoms. The van der Waals surface area contributed by atoms with Crippen LogP contribution < -0.4 is 15.4 Å². The highest BCUT2D eigenvalue weighted by Crippen LogP contribution is 2.49. The minimum atomic E-state index is -0.570. The van der Waals surface area contributed by atoms with Crippen molar-refractivity contribution < 1.29 is 23.5 Å². The standard InChI is InChI=1S/C35H29N5O5/c1-16(2)29-35-40-31-32(45-35)28-20-13-17(8-12-26(42)39-29)7-11-24(20)43-33(28)38-22-6-4-3-5-18(22)19-9-10-23(41)30-27(19)21(14-36-30)25-15-37-34(31)44-25/h3-7,9-11,13-16,28-29,33,36,38,41H,8,12H2,1-2H3,(H,39,42). The Hall–Kier alpha value is -5.51. The predicted octanol–water partition coefficient (Wildman–Crippen LogP) is 6.89. The van der Waals surface area contributed by atoms with Crippen molar-refractivity contribution in [3.05, 3.63) is 89.8 Å². The van der Waals surface area contributed by atoms with Gasteiger partial charge < -0.3 is 34.3 Å². The van der Waals surface area contributed by atoms with Crippen molar-refractivity contribution in [3.63, 3.8) is 0 Å². The SMILES string of the molecule is CC(C)C1NC(=O)CCc2ccc3c(c2)C2c4oc1nc4-c1ncc(o1)-c1c[nH]c4c(O)ccc(c14)-c1ccccc1NC2O3. The van der Waals surface area contributed by atoms with Crippen LogP contribution in [0.2, 0.25) is 0 Å². The fourth-order valence-electron chi connectivity index (χ4n) is 6.88. The van der Waals surface area contributed by atoms with E-state index in [0.29, 0.717) is 41.5 Å². The second-order valence-corrected chi connectivity index (χ2v) is 12.2. The number of anilines is 1. The van der Waals surface area contributed by atoms with E-state index >= 15 is 0 Å². The molecule has 45 heavy (non-hydrogen) atoms. The van der Waals surface area contributed by atoms with E-state index in [4.69, 9.17) is 23.5 Å². The number of aromatic hydroxyl groups is 1. The van der Waals surface area contributed by atoms with Crippen molar-refractivity contribution >= 4 is 22.5 Å². The number of hydrogen-bond acceptors (Lipinski definition) is 8. The lowest BCUT2D eigenvalue weighted by Crippen LogP contribution is -2.32. The van der Waals surface area contributed by atoms with Gasteiger partial charge in [0.1, 0.15) is 23.5 Å². The van der Waals surface area contributed by atoms with E-state index in [1.165, 1.54) is 0 Å². The molecule has 6 aromatic rings. The van der Waals surface area contributed by atoms with Gasteiger partial charge in [-0.15, -0.1) is 0 Å². The largest absolute Gasteiger partial charge is 0.506 e. The fourth-order valence-corrected chi connectivity index (χ4v) is 6.88. The van der Waals surface area contributed by atoms with Gasteiger partial charge in [-0.3, -0.25) is 4.79 Å². The number of rotatable bonds is 1. The first-order valence-corrected chi connectivity index (χ1v) is 15.2. The molecule has 0 radical (unpaired) electrons. The molecule has 6 bridgehead atoms. The van der Waals surface area contributed by atoms with Gasteiger partial charge in [0.2, 0.25) is 17.7 Å². The molecule has 3 aliphatic rings. The lowest BCUT2D eigenvalue weighted by atomic mass is 9.92. The Labute approximate surface area is 257 Å². The van der Waals surface area contributed by atoms with Crippen LogP contribution in [0.15, 0.2) is 75.8 Å². The van der Waals surface area contributed by atoms with Gasteiger partial charge in [0.25, 0.3) is 0 Å². The van der Waals surface area contributed by atoms with Crippen LogP contribution in [0.1, 0.15) is 55.0 Å². The van der Waals surface area contributed by atoms with Gasteiger partial charge >= 0.3 is 0 Å². The molecule has 3 atom stereocenters. The zero-order valence-corrected chi connectivity index (χ0v) is 24.5. The molecular weight excluding hydrogens is 570 g/mol. The molecule has 1 amide bonds. The third kappa shape index (κ3) is 3.91. The summed E-state index contributed by atoms with van der Waals surface area (Å²) in [5, 5.41) is 18.5. The number of oxazole rings is 2. The molecule has 3 aromatic carbocycles. The van der Waals surface area contributed by atoms with Gasteiger partial charge in [-0.1, -0.05) is 44.2 Å². The summed E-state index contributed by atoms with van der Waals surface area (Å²) in [6.07, 6.45) is 3.85. The Kier molecular flexibility index (Phi) is 5.47. The highest BCUT2D eigenvalue weighted by atomic mass is 16.5. The summed E-state index contributed by atoms with van der Waals surface area (Å²) in [4.78, 5) is 26.0. The third-order valence-electron chi connectivity index (χ3n) is 9.11. The van der Waals surface area contributed by atoms with Crippen LogP contribution in [0, 0.1) is 5.92 Å². The van der Waals surface area contributed by atoms with Crippen LogP contribution in [-0.4, -0.2) is 32.2 Å². The number of para-hydroxylation sites is 1. The summed E-state index contributed by atoms with van der Waals surface area (Å²) in [6, 6.07) is 17.3. The lowest BCUT2D eigenvalue weighted by molar-refractivity contribution is -0.122. The lowest BCUT2D eigenvalue weighted by Gasteiger charge is -2.23. The van der Waals surface area contributed by atoms with Crippen molar-refractivity contribution in [2.75, 3.05) is 5.32 Å². The molecule has 4 N–H and O–H groups in total. The number of carbonyl (C=O) groups is 1. The Morgan fingerprint density at radius 1 is 0.978 bits per heavy atom. The van der Waals surface area contributed by atoms with E-state index < -0.39 is 18.2 Å². The van der Waals surface area contributed by atoms with Crippen molar-refractivity contribution in [2.45, 2.75) is 44.9 Å². The number of H-pyrrole nitrogens is 1. The second-order valence-electron chi connectivity index (χ2n) is 12.2. The number of hydrogen-bond donors (Lipinski definition) is 4. The number of amides is 1. The number of fused-ring (bicyclic) bond motifs is 8. The van der Waals surface area contributed by atoms with Crippen molar-refractivity contribution in [2.24, 2.45) is 5.92 Å². The van der Waals surface area contributed by atoms with Gasteiger partial charge in [0, 0.05) is 40.4 Å². The Bertz CT molecular complexity index is 2160. The van der Waals surface area contributed by atoms with E-state index in [-0.39, 0.29) is 23.5 Å². The van der Waals surface area contributed by atoms with Crippen molar-refractivity contribution in [3.8, 4) is 45.5 Å². The number of aromatic amines is 1. The van der Waals surface area contributed by atoms with Crippen LogP contribution >= 0.6 is 0 Å². The van der Waals surface area contributed by atoms with Crippen molar-refractivity contribution in [1.82, 2.24) is 20.3 Å². The monoisotopic (exact) mass is 599 g/mol. The van der Waals surface area contributed by atoms with E-state index in [9.17, 15) is 9.90 Å². The first-order valence-electron chi connectivity index (χ1n) is 15.2. The second kappa shape index (κ2) is 9.49. The topological polar surface area (TPSA) is 138 Å². The van der Waals surface area contributed by atoms with E-state index in [2.05, 4.69) is 21.7 Å². The summed E-state index contributed by atoms with van der Waals surface area (Å²) >= 11 is 0. The van der Waals surface area contributed by atoms with E-state index in [0.717, 1.165) is 44.6 Å². The van der Waals surface area contributed by atoms with E-state index in [1.54, 1.807) is 12.3 Å². The number of nitrogens with zero attached hydrogens (tertiary/aromatic N) is 2. The number of phenolic OH excluding ortho intramolecular Hbond substituents is 1. The molecule has 10 heteroatoms. The number of phenols is 1. The van der Waals surface area contributed by atoms with Gasteiger partial charge in [-0.05, 0) is 47.7 Å². The molecule has 0 saturated carbocycles. The van der Waals surface area contributed by atoms with Gasteiger partial charge in [-0.2, -0.15) is 0 Å². The van der Waals surface area contributed by atoms with Gasteiger partial charge in [-0.25, -0.2) is 9.97 Å². The molecule has 3 aliphatic heterocycles. The summed E-state index contributed by atoms with van der Waals surface area (Å²) in [5.41, 5.74) is 6.45. The fraction of sp³-hybridized carbons (Fsp3) is 0.229. The molecule has 6 heterocycles. The molecule has 3 unspecified atom stereocenters. The predicted molar refractivity (Wildman–Crippen MR) is 167 cm³/mol. The van der Waals surface area contributed by atoms with Crippen LogP contribution in [0.25, 0.3) is 44.9 Å². The number of aryl methyl sites for hydroxylation is 1. The number of aromatic nitrogens is 3. The molecule has 0 saturated heterocycles. The smallest absolute Gasteiger partial charge is 0.249 e. The maximum atomic E-state index is 13.1. The Balaban J connectivity index is 1.36. The van der Waals surface area contributed by atoms with Crippen LogP contribution in [0.3, 0.4) is 0 Å².